The fraction of sp³-hybridized carbons (Fsp3) is 0.227. The summed E-state index contributed by atoms with van der Waals surface area (Å²) in [6, 6.07) is 9.99. The van der Waals surface area contributed by atoms with Crippen molar-refractivity contribution in [1.29, 1.82) is 0 Å². The van der Waals surface area contributed by atoms with Crippen LogP contribution in [0.25, 0.3) is 6.08 Å². The molecule has 0 spiro atoms. The zero-order valence-electron chi connectivity index (χ0n) is 17.1. The molecule has 1 saturated heterocycles. The van der Waals surface area contributed by atoms with Gasteiger partial charge in [0.1, 0.15) is 5.57 Å². The normalized spacial score (nSPS) is 15.5. The number of ether oxygens (including phenoxy) is 2. The Bertz CT molecular complexity index is 1090. The molecular weight excluding hydrogens is 459 g/mol. The first-order valence-corrected chi connectivity index (χ1v) is 10.7. The third-order valence-corrected chi connectivity index (χ3v) is 5.08. The Labute approximate surface area is 195 Å². The molecule has 0 atom stereocenters. The predicted molar refractivity (Wildman–Crippen MR) is 126 cm³/mol. The van der Waals surface area contributed by atoms with E-state index < -0.39 is 11.8 Å². The van der Waals surface area contributed by atoms with Gasteiger partial charge in [-0.15, -0.1) is 0 Å². The van der Waals surface area contributed by atoms with Crippen molar-refractivity contribution in [2.24, 2.45) is 0 Å². The smallest absolute Gasteiger partial charge is 0.270 e. The van der Waals surface area contributed by atoms with Crippen LogP contribution in [-0.4, -0.2) is 29.6 Å². The molecule has 0 radical (unpaired) electrons. The molecule has 0 bridgehead atoms. The molecule has 1 aliphatic heterocycles. The molecule has 2 aromatic rings. The maximum Gasteiger partial charge on any atom is 0.270 e. The summed E-state index contributed by atoms with van der Waals surface area (Å²) in [5, 5.41) is 3.11. The molecule has 0 aromatic heterocycles. The van der Waals surface area contributed by atoms with Gasteiger partial charge in [-0.1, -0.05) is 35.3 Å². The van der Waals surface area contributed by atoms with Crippen LogP contribution in [0.15, 0.2) is 42.0 Å². The highest BCUT2D eigenvalue weighted by Crippen LogP contribution is 2.38. The van der Waals surface area contributed by atoms with E-state index >= 15 is 0 Å². The molecule has 3 rings (SSSR count). The highest BCUT2D eigenvalue weighted by molar-refractivity contribution is 7.80. The summed E-state index contributed by atoms with van der Waals surface area (Å²) in [7, 11) is 0. The molecule has 2 amide bonds. The molecule has 0 aliphatic carbocycles. The van der Waals surface area contributed by atoms with Gasteiger partial charge in [0.05, 0.1) is 28.4 Å². The Kier molecular flexibility index (Phi) is 7.20. The minimum atomic E-state index is -0.616. The van der Waals surface area contributed by atoms with Gasteiger partial charge in [0.25, 0.3) is 11.8 Å². The van der Waals surface area contributed by atoms with Crippen LogP contribution in [0.2, 0.25) is 10.0 Å². The summed E-state index contributed by atoms with van der Waals surface area (Å²) in [5.74, 6) is -0.398. The number of benzene rings is 2. The number of hydrogen-bond donors (Lipinski definition) is 1. The number of halogens is 2. The number of nitrogens with zero attached hydrogens (tertiary/aromatic N) is 1. The van der Waals surface area contributed by atoms with Crippen molar-refractivity contribution in [3.63, 3.8) is 0 Å². The number of amides is 2. The Morgan fingerprint density at radius 3 is 2.52 bits per heavy atom. The number of thiocarbonyl (C=S) groups is 1. The molecule has 1 N–H and O–H groups in total. The maximum atomic E-state index is 13.2. The standard InChI is InChI=1S/C22H20Cl2N2O4S/c1-4-29-18-11-13(10-16(24)19(18)30-12(2)3)9-14-20(27)25-22(31)26(21(14)28)17-8-6-5-7-15(17)23/h5-12H,4H2,1-3H3,(H,25,27,31)/b14-9+. The van der Waals surface area contributed by atoms with Crippen molar-refractivity contribution in [2.75, 3.05) is 11.5 Å². The van der Waals surface area contributed by atoms with E-state index in [2.05, 4.69) is 5.32 Å². The summed E-state index contributed by atoms with van der Waals surface area (Å²) in [4.78, 5) is 26.9. The number of carbonyl (C=O) groups is 2. The fourth-order valence-corrected chi connectivity index (χ4v) is 3.72. The largest absolute Gasteiger partial charge is 0.490 e. The lowest BCUT2D eigenvalue weighted by Gasteiger charge is -2.29. The zero-order chi connectivity index (χ0) is 22.7. The van der Waals surface area contributed by atoms with Crippen molar-refractivity contribution in [3.8, 4) is 11.5 Å². The number of carbonyl (C=O) groups excluding carboxylic acids is 2. The highest BCUT2D eigenvalue weighted by Gasteiger charge is 2.35. The predicted octanol–water partition coefficient (Wildman–Crippen LogP) is 5.01. The molecule has 0 unspecified atom stereocenters. The molecule has 6 nitrogen and oxygen atoms in total. The van der Waals surface area contributed by atoms with Crippen molar-refractivity contribution in [3.05, 3.63) is 57.6 Å². The first-order valence-electron chi connectivity index (χ1n) is 9.51. The second-order valence-corrected chi connectivity index (χ2v) is 8.04. The minimum absolute atomic E-state index is 0.0473. The molecule has 1 fully saturated rings. The Morgan fingerprint density at radius 2 is 1.87 bits per heavy atom. The lowest BCUT2D eigenvalue weighted by molar-refractivity contribution is -0.122. The number of anilines is 1. The average molecular weight is 479 g/mol. The molecular formula is C22H20Cl2N2O4S. The number of nitrogens with one attached hydrogen (secondary N) is 1. The maximum absolute atomic E-state index is 13.2. The summed E-state index contributed by atoms with van der Waals surface area (Å²) < 4.78 is 11.4. The Hall–Kier alpha value is -2.61. The van der Waals surface area contributed by atoms with Gasteiger partial charge in [0, 0.05) is 0 Å². The van der Waals surface area contributed by atoms with E-state index in [1.165, 1.54) is 11.0 Å². The van der Waals surface area contributed by atoms with Crippen LogP contribution >= 0.6 is 35.4 Å². The third-order valence-electron chi connectivity index (χ3n) is 4.19. The van der Waals surface area contributed by atoms with Gasteiger partial charge in [0.2, 0.25) is 0 Å². The second-order valence-electron chi connectivity index (χ2n) is 6.84. The molecule has 1 aliphatic rings. The molecule has 1 heterocycles. The second kappa shape index (κ2) is 9.68. The van der Waals surface area contributed by atoms with Gasteiger partial charge in [-0.2, -0.15) is 0 Å². The van der Waals surface area contributed by atoms with Crippen molar-refractivity contribution < 1.29 is 19.1 Å². The van der Waals surface area contributed by atoms with Crippen LogP contribution in [0.5, 0.6) is 11.5 Å². The van der Waals surface area contributed by atoms with E-state index in [4.69, 9.17) is 44.9 Å². The van der Waals surface area contributed by atoms with Crippen LogP contribution < -0.4 is 19.7 Å². The molecule has 0 saturated carbocycles. The van der Waals surface area contributed by atoms with Gasteiger partial charge in [-0.3, -0.25) is 19.8 Å². The van der Waals surface area contributed by atoms with Crippen LogP contribution in [0, 0.1) is 0 Å². The van der Waals surface area contributed by atoms with Crippen molar-refractivity contribution in [2.45, 2.75) is 26.9 Å². The SMILES string of the molecule is CCOc1cc(/C=C2\C(=O)NC(=S)N(c3ccccc3Cl)C2=O)cc(Cl)c1OC(C)C. The van der Waals surface area contributed by atoms with E-state index in [0.29, 0.717) is 39.4 Å². The van der Waals surface area contributed by atoms with E-state index in [1.54, 1.807) is 36.4 Å². The Morgan fingerprint density at radius 1 is 1.16 bits per heavy atom. The molecule has 162 valence electrons. The fourth-order valence-electron chi connectivity index (χ4n) is 2.96. The quantitative estimate of drug-likeness (QED) is 0.359. The Balaban J connectivity index is 2.05. The summed E-state index contributed by atoms with van der Waals surface area (Å²) >= 11 is 17.8. The molecule has 9 heteroatoms. The minimum Gasteiger partial charge on any atom is -0.490 e. The number of para-hydroxylation sites is 1. The van der Waals surface area contributed by atoms with Gasteiger partial charge >= 0.3 is 0 Å². The summed E-state index contributed by atoms with van der Waals surface area (Å²) in [6.07, 6.45) is 1.31. The van der Waals surface area contributed by atoms with E-state index in [9.17, 15) is 9.59 Å². The zero-order valence-corrected chi connectivity index (χ0v) is 19.4. The third kappa shape index (κ3) is 5.01. The van der Waals surface area contributed by atoms with E-state index in [-0.39, 0.29) is 16.8 Å². The molecule has 2 aromatic carbocycles. The number of rotatable bonds is 6. The lowest BCUT2D eigenvalue weighted by Crippen LogP contribution is -2.54. The van der Waals surface area contributed by atoms with Gasteiger partial charge < -0.3 is 9.47 Å². The van der Waals surface area contributed by atoms with Gasteiger partial charge in [-0.25, -0.2) is 0 Å². The van der Waals surface area contributed by atoms with Crippen LogP contribution in [-0.2, 0) is 9.59 Å². The van der Waals surface area contributed by atoms with E-state index in [1.807, 2.05) is 20.8 Å². The first-order chi connectivity index (χ1) is 14.7. The average Bonchev–Trinajstić information content (AvgIpc) is 2.69. The van der Waals surface area contributed by atoms with Crippen LogP contribution in [0.3, 0.4) is 0 Å². The van der Waals surface area contributed by atoms with Crippen molar-refractivity contribution in [1.82, 2.24) is 5.32 Å². The monoisotopic (exact) mass is 478 g/mol. The topological polar surface area (TPSA) is 67.9 Å². The van der Waals surface area contributed by atoms with Crippen LogP contribution in [0.4, 0.5) is 5.69 Å². The van der Waals surface area contributed by atoms with Gasteiger partial charge in [0.15, 0.2) is 16.6 Å². The highest BCUT2D eigenvalue weighted by atomic mass is 35.5. The lowest BCUT2D eigenvalue weighted by atomic mass is 10.1. The van der Waals surface area contributed by atoms with E-state index in [0.717, 1.165) is 0 Å². The van der Waals surface area contributed by atoms with Crippen LogP contribution in [0.1, 0.15) is 26.3 Å². The van der Waals surface area contributed by atoms with Crippen molar-refractivity contribution >= 4 is 64.1 Å². The summed E-state index contributed by atoms with van der Waals surface area (Å²) in [6.45, 7) is 5.97. The van der Waals surface area contributed by atoms with Gasteiger partial charge in [-0.05, 0) is 68.9 Å². The number of hydrogen-bond acceptors (Lipinski definition) is 5. The molecule has 31 heavy (non-hydrogen) atoms. The summed E-state index contributed by atoms with van der Waals surface area (Å²) in [5.41, 5.74) is 0.748. The first kappa shape index (κ1) is 23.1.